The average molecular weight is 387 g/mol. The molecule has 144 valence electrons. The summed E-state index contributed by atoms with van der Waals surface area (Å²) in [5.74, 6) is -0.231. The Balaban J connectivity index is 2.11. The van der Waals surface area contributed by atoms with E-state index in [1.165, 1.54) is 6.07 Å². The van der Waals surface area contributed by atoms with E-state index in [1.54, 1.807) is 0 Å². The first kappa shape index (κ1) is 20.5. The number of benzene rings is 1. The minimum atomic E-state index is -4.44. The number of nitrogens with one attached hydrogen (secondary N) is 2. The number of nitrogens with zero attached hydrogens (tertiary/aromatic N) is 1. The van der Waals surface area contributed by atoms with Gasteiger partial charge in [-0.1, -0.05) is 19.8 Å². The maximum Gasteiger partial charge on any atom is 0.416 e. The number of rotatable bonds is 6. The largest absolute Gasteiger partial charge is 0.416 e. The molecule has 0 aliphatic carbocycles. The Hall–Kier alpha value is -1.83. The number of hydrogen-bond acceptors (Lipinski definition) is 3. The van der Waals surface area contributed by atoms with E-state index in [0.717, 1.165) is 57.3 Å². The van der Waals surface area contributed by atoms with Crippen molar-refractivity contribution in [3.8, 4) is 0 Å². The van der Waals surface area contributed by atoms with E-state index >= 15 is 0 Å². The Morgan fingerprint density at radius 3 is 2.54 bits per heavy atom. The summed E-state index contributed by atoms with van der Waals surface area (Å²) in [5, 5.41) is 5.34. The van der Waals surface area contributed by atoms with Gasteiger partial charge in [0.05, 0.1) is 16.9 Å². The number of alkyl halides is 3. The van der Waals surface area contributed by atoms with Crippen LogP contribution in [0.1, 0.15) is 51.0 Å². The molecule has 8 heteroatoms. The topological polar surface area (TPSA) is 44.4 Å². The Labute approximate surface area is 157 Å². The summed E-state index contributed by atoms with van der Waals surface area (Å²) in [5.41, 5.74) is 0.179. The van der Waals surface area contributed by atoms with E-state index in [4.69, 9.17) is 12.2 Å². The van der Waals surface area contributed by atoms with Crippen LogP contribution in [0.2, 0.25) is 0 Å². The van der Waals surface area contributed by atoms with Crippen molar-refractivity contribution in [1.29, 1.82) is 0 Å². The van der Waals surface area contributed by atoms with Crippen molar-refractivity contribution in [2.75, 3.05) is 23.3 Å². The molecule has 0 atom stereocenters. The molecule has 2 N–H and O–H groups in total. The van der Waals surface area contributed by atoms with Gasteiger partial charge in [0.25, 0.3) is 0 Å². The summed E-state index contributed by atoms with van der Waals surface area (Å²) >= 11 is 5.12. The molecule has 2 rings (SSSR count). The van der Waals surface area contributed by atoms with Crippen LogP contribution in [0.5, 0.6) is 0 Å². The fourth-order valence-corrected chi connectivity index (χ4v) is 3.15. The molecule has 1 aromatic carbocycles. The minimum Gasteiger partial charge on any atom is -0.370 e. The van der Waals surface area contributed by atoms with E-state index in [0.29, 0.717) is 12.1 Å². The van der Waals surface area contributed by atoms with Gasteiger partial charge in [0.2, 0.25) is 5.91 Å². The van der Waals surface area contributed by atoms with E-state index in [9.17, 15) is 18.0 Å². The fourth-order valence-electron chi connectivity index (χ4n) is 2.92. The highest BCUT2D eigenvalue weighted by Crippen LogP contribution is 2.36. The van der Waals surface area contributed by atoms with Gasteiger partial charge < -0.3 is 15.5 Å². The van der Waals surface area contributed by atoms with Crippen LogP contribution in [-0.2, 0) is 11.0 Å². The zero-order valence-corrected chi connectivity index (χ0v) is 15.6. The molecule has 1 aliphatic rings. The number of carbonyl (C=O) groups excluding carboxylic acids is 1. The summed E-state index contributed by atoms with van der Waals surface area (Å²) in [7, 11) is 0. The molecule has 0 radical (unpaired) electrons. The van der Waals surface area contributed by atoms with Gasteiger partial charge in [-0.3, -0.25) is 4.79 Å². The molecule has 1 heterocycles. The van der Waals surface area contributed by atoms with E-state index in [1.807, 2.05) is 11.8 Å². The molecule has 0 spiro atoms. The maximum absolute atomic E-state index is 13.1. The van der Waals surface area contributed by atoms with Crippen molar-refractivity contribution < 1.29 is 18.0 Å². The summed E-state index contributed by atoms with van der Waals surface area (Å²) in [4.78, 5) is 13.9. The average Bonchev–Trinajstić information content (AvgIpc) is 3.08. The van der Waals surface area contributed by atoms with Gasteiger partial charge in [-0.15, -0.1) is 0 Å². The van der Waals surface area contributed by atoms with Crippen molar-refractivity contribution in [2.45, 2.75) is 51.6 Å². The zero-order chi connectivity index (χ0) is 19.2. The number of anilines is 2. The fraction of sp³-hybridized carbons (Fsp3) is 0.556. The Bertz CT molecular complexity index is 643. The molecule has 1 saturated heterocycles. The predicted molar refractivity (Wildman–Crippen MR) is 101 cm³/mol. The van der Waals surface area contributed by atoms with E-state index in [-0.39, 0.29) is 16.7 Å². The Morgan fingerprint density at radius 2 is 1.92 bits per heavy atom. The molecule has 0 saturated carbocycles. The summed E-state index contributed by atoms with van der Waals surface area (Å²) < 4.78 is 39.2. The highest BCUT2D eigenvalue weighted by Gasteiger charge is 2.31. The molecular weight excluding hydrogens is 363 g/mol. The first-order valence-electron chi connectivity index (χ1n) is 8.88. The second-order valence-electron chi connectivity index (χ2n) is 6.38. The van der Waals surface area contributed by atoms with Gasteiger partial charge in [-0.2, -0.15) is 13.2 Å². The SMILES string of the molecule is CCCCCC(=O)NC(=S)Nc1cc(C(F)(F)F)ccc1N1CCCC1. The van der Waals surface area contributed by atoms with Gasteiger partial charge in [-0.25, -0.2) is 0 Å². The van der Waals surface area contributed by atoms with Gasteiger partial charge >= 0.3 is 6.18 Å². The van der Waals surface area contributed by atoms with Crippen LogP contribution in [-0.4, -0.2) is 24.1 Å². The van der Waals surface area contributed by atoms with Crippen LogP contribution in [0, 0.1) is 0 Å². The van der Waals surface area contributed by atoms with Crippen LogP contribution < -0.4 is 15.5 Å². The lowest BCUT2D eigenvalue weighted by atomic mass is 10.1. The lowest BCUT2D eigenvalue weighted by Gasteiger charge is -2.23. The molecule has 4 nitrogen and oxygen atoms in total. The van der Waals surface area contributed by atoms with Crippen LogP contribution in [0.25, 0.3) is 0 Å². The predicted octanol–water partition coefficient (Wildman–Crippen LogP) is 4.70. The number of carbonyl (C=O) groups is 1. The lowest BCUT2D eigenvalue weighted by molar-refractivity contribution is -0.137. The van der Waals surface area contributed by atoms with Crippen molar-refractivity contribution in [3.63, 3.8) is 0 Å². The van der Waals surface area contributed by atoms with Crippen LogP contribution in [0.3, 0.4) is 0 Å². The first-order valence-corrected chi connectivity index (χ1v) is 9.29. The molecule has 1 amide bonds. The second kappa shape index (κ2) is 9.21. The van der Waals surface area contributed by atoms with Crippen molar-refractivity contribution in [2.24, 2.45) is 0 Å². The number of amides is 1. The van der Waals surface area contributed by atoms with Crippen LogP contribution >= 0.6 is 12.2 Å². The molecule has 1 aromatic rings. The standard InChI is InChI=1S/C18H24F3N3OS/c1-2-3-4-7-16(25)23-17(26)22-14-12-13(18(19,20)21)8-9-15(14)24-10-5-6-11-24/h8-9,12H,2-7,10-11H2,1H3,(H2,22,23,25,26). The smallest absolute Gasteiger partial charge is 0.370 e. The molecule has 26 heavy (non-hydrogen) atoms. The quantitative estimate of drug-likeness (QED) is 0.549. The zero-order valence-electron chi connectivity index (χ0n) is 14.8. The maximum atomic E-state index is 13.1. The third-order valence-corrected chi connectivity index (χ3v) is 4.48. The number of thiocarbonyl (C=S) groups is 1. The van der Waals surface area contributed by atoms with Crippen LogP contribution in [0.4, 0.5) is 24.5 Å². The van der Waals surface area contributed by atoms with Gasteiger partial charge in [-0.05, 0) is 49.7 Å². The van der Waals surface area contributed by atoms with Gasteiger partial charge in [0.15, 0.2) is 5.11 Å². The van der Waals surface area contributed by atoms with Gasteiger partial charge in [0, 0.05) is 19.5 Å². The third-order valence-electron chi connectivity index (χ3n) is 4.28. The van der Waals surface area contributed by atoms with Crippen LogP contribution in [0.15, 0.2) is 18.2 Å². The first-order chi connectivity index (χ1) is 12.3. The number of halogens is 3. The Morgan fingerprint density at radius 1 is 1.23 bits per heavy atom. The monoisotopic (exact) mass is 387 g/mol. The molecular formula is C18H24F3N3OS. The molecule has 0 bridgehead atoms. The number of unbranched alkanes of at least 4 members (excludes halogenated alkanes) is 2. The van der Waals surface area contributed by atoms with Crippen molar-refractivity contribution in [3.05, 3.63) is 23.8 Å². The molecule has 0 unspecified atom stereocenters. The lowest BCUT2D eigenvalue weighted by Crippen LogP contribution is -2.34. The normalized spacial score (nSPS) is 14.4. The minimum absolute atomic E-state index is 0.0197. The third kappa shape index (κ3) is 5.86. The highest BCUT2D eigenvalue weighted by molar-refractivity contribution is 7.80. The van der Waals surface area contributed by atoms with E-state index in [2.05, 4.69) is 10.6 Å². The van der Waals surface area contributed by atoms with E-state index < -0.39 is 11.7 Å². The molecule has 1 aliphatic heterocycles. The van der Waals surface area contributed by atoms with Gasteiger partial charge in [0.1, 0.15) is 0 Å². The molecule has 0 aromatic heterocycles. The molecule has 1 fully saturated rings. The van der Waals surface area contributed by atoms with Crippen molar-refractivity contribution in [1.82, 2.24) is 5.32 Å². The van der Waals surface area contributed by atoms with Crippen molar-refractivity contribution >= 4 is 34.6 Å². The summed E-state index contributed by atoms with van der Waals surface area (Å²) in [6.07, 6.45) is 0.605. The highest BCUT2D eigenvalue weighted by atomic mass is 32.1. The summed E-state index contributed by atoms with van der Waals surface area (Å²) in [6, 6.07) is 3.58. The number of hydrogen-bond donors (Lipinski definition) is 2. The Kier molecular flexibility index (Phi) is 7.25. The second-order valence-corrected chi connectivity index (χ2v) is 6.79. The summed E-state index contributed by atoms with van der Waals surface area (Å²) in [6.45, 7) is 3.62.